The molecule has 4 heteroatoms. The number of methoxy groups -OCH3 is 1. The highest BCUT2D eigenvalue weighted by atomic mass is 16.5. The average Bonchev–Trinajstić information content (AvgIpc) is 2.42. The molecule has 1 heterocycles. The van der Waals surface area contributed by atoms with Gasteiger partial charge in [0.05, 0.1) is 7.11 Å². The highest BCUT2D eigenvalue weighted by Crippen LogP contribution is 2.30. The van der Waals surface area contributed by atoms with Crippen molar-refractivity contribution in [2.45, 2.75) is 25.4 Å². The van der Waals surface area contributed by atoms with Crippen LogP contribution in [0.3, 0.4) is 0 Å². The molecule has 0 atom stereocenters. The molecular weight excluding hydrogens is 242 g/mol. The molecule has 1 fully saturated rings. The summed E-state index contributed by atoms with van der Waals surface area (Å²) in [6, 6.07) is 5.86. The molecule has 0 amide bonds. The van der Waals surface area contributed by atoms with Crippen molar-refractivity contribution in [2.75, 3.05) is 33.9 Å². The van der Waals surface area contributed by atoms with Gasteiger partial charge in [-0.05, 0) is 44.0 Å². The quantitative estimate of drug-likeness (QED) is 0.880. The Bertz CT molecular complexity index is 400. The Morgan fingerprint density at radius 1 is 1.26 bits per heavy atom. The van der Waals surface area contributed by atoms with E-state index in [9.17, 15) is 0 Å². The number of hydrogen-bond acceptors (Lipinski definition) is 4. The molecule has 1 aromatic rings. The first-order valence-electron chi connectivity index (χ1n) is 6.86. The van der Waals surface area contributed by atoms with Crippen LogP contribution in [-0.2, 0) is 6.42 Å². The van der Waals surface area contributed by atoms with E-state index < -0.39 is 0 Å². The van der Waals surface area contributed by atoms with E-state index in [1.54, 1.807) is 7.11 Å². The molecule has 0 spiro atoms. The van der Waals surface area contributed by atoms with Crippen molar-refractivity contribution in [1.82, 2.24) is 4.90 Å². The molecule has 106 valence electrons. The van der Waals surface area contributed by atoms with Gasteiger partial charge in [0.25, 0.3) is 0 Å². The van der Waals surface area contributed by atoms with E-state index in [0.29, 0.717) is 6.42 Å². The lowest BCUT2D eigenvalue weighted by Gasteiger charge is -2.29. The van der Waals surface area contributed by atoms with Crippen LogP contribution in [0.5, 0.6) is 11.5 Å². The Morgan fingerprint density at radius 3 is 2.63 bits per heavy atom. The monoisotopic (exact) mass is 265 g/mol. The van der Waals surface area contributed by atoms with E-state index in [1.165, 1.54) is 0 Å². The van der Waals surface area contributed by atoms with E-state index in [4.69, 9.17) is 14.6 Å². The standard InChI is InChI=1S/C15H23NO3/c1-16-8-5-13(6-9-16)19-15-11-12(7-10-17)3-4-14(15)18-2/h3-4,11,13,17H,5-10H2,1-2H3. The van der Waals surface area contributed by atoms with Gasteiger partial charge in [0.2, 0.25) is 0 Å². The van der Waals surface area contributed by atoms with Crippen LogP contribution in [0.15, 0.2) is 18.2 Å². The van der Waals surface area contributed by atoms with Crippen molar-refractivity contribution >= 4 is 0 Å². The smallest absolute Gasteiger partial charge is 0.161 e. The molecule has 1 N–H and O–H groups in total. The molecular formula is C15H23NO3. The summed E-state index contributed by atoms with van der Waals surface area (Å²) in [5.74, 6) is 1.56. The van der Waals surface area contributed by atoms with Crippen molar-refractivity contribution < 1.29 is 14.6 Å². The second-order valence-electron chi connectivity index (χ2n) is 5.08. The van der Waals surface area contributed by atoms with Gasteiger partial charge in [-0.2, -0.15) is 0 Å². The maximum atomic E-state index is 9.01. The van der Waals surface area contributed by atoms with E-state index in [-0.39, 0.29) is 12.7 Å². The van der Waals surface area contributed by atoms with Crippen molar-refractivity contribution in [3.63, 3.8) is 0 Å². The molecule has 1 aliphatic heterocycles. The zero-order chi connectivity index (χ0) is 13.7. The molecule has 0 aliphatic carbocycles. The number of rotatable bonds is 5. The summed E-state index contributed by atoms with van der Waals surface area (Å²) in [5.41, 5.74) is 1.08. The first-order chi connectivity index (χ1) is 9.22. The number of nitrogens with zero attached hydrogens (tertiary/aromatic N) is 1. The Kier molecular flexibility index (Phi) is 5.05. The van der Waals surface area contributed by atoms with Gasteiger partial charge in [-0.3, -0.25) is 0 Å². The maximum Gasteiger partial charge on any atom is 0.161 e. The van der Waals surface area contributed by atoms with E-state index >= 15 is 0 Å². The molecule has 2 rings (SSSR count). The fourth-order valence-electron chi connectivity index (χ4n) is 2.38. The van der Waals surface area contributed by atoms with Crippen LogP contribution < -0.4 is 9.47 Å². The maximum absolute atomic E-state index is 9.01. The second kappa shape index (κ2) is 6.78. The number of aliphatic hydroxyl groups is 1. The molecule has 0 radical (unpaired) electrons. The lowest BCUT2D eigenvalue weighted by atomic mass is 10.1. The minimum absolute atomic E-state index is 0.153. The molecule has 4 nitrogen and oxygen atoms in total. The van der Waals surface area contributed by atoms with Crippen LogP contribution in [0.1, 0.15) is 18.4 Å². The number of ether oxygens (including phenoxy) is 2. The van der Waals surface area contributed by atoms with Gasteiger partial charge in [0, 0.05) is 19.7 Å². The predicted molar refractivity (Wildman–Crippen MR) is 74.9 cm³/mol. The summed E-state index contributed by atoms with van der Waals surface area (Å²) in [5, 5.41) is 9.01. The van der Waals surface area contributed by atoms with Crippen LogP contribution in [0, 0.1) is 0 Å². The van der Waals surface area contributed by atoms with Gasteiger partial charge in [-0.15, -0.1) is 0 Å². The summed E-state index contributed by atoms with van der Waals surface area (Å²) in [6.07, 6.45) is 3.00. The molecule has 1 aromatic carbocycles. The number of aliphatic hydroxyl groups excluding tert-OH is 1. The molecule has 19 heavy (non-hydrogen) atoms. The molecule has 1 saturated heterocycles. The van der Waals surface area contributed by atoms with E-state index in [0.717, 1.165) is 43.0 Å². The molecule has 0 saturated carbocycles. The molecule has 0 unspecified atom stereocenters. The SMILES string of the molecule is COc1ccc(CCO)cc1OC1CCN(C)CC1. The normalized spacial score (nSPS) is 17.4. The summed E-state index contributed by atoms with van der Waals surface area (Å²) in [6.45, 7) is 2.30. The average molecular weight is 265 g/mol. The van der Waals surface area contributed by atoms with Crippen LogP contribution in [-0.4, -0.2) is 50.0 Å². The van der Waals surface area contributed by atoms with Crippen LogP contribution >= 0.6 is 0 Å². The predicted octanol–water partition coefficient (Wildman–Crippen LogP) is 1.70. The third kappa shape index (κ3) is 3.85. The lowest BCUT2D eigenvalue weighted by Crippen LogP contribution is -2.35. The highest BCUT2D eigenvalue weighted by Gasteiger charge is 2.19. The van der Waals surface area contributed by atoms with Gasteiger partial charge in [-0.1, -0.05) is 6.07 Å². The molecule has 0 bridgehead atoms. The Balaban J connectivity index is 2.06. The van der Waals surface area contributed by atoms with Crippen molar-refractivity contribution in [2.24, 2.45) is 0 Å². The van der Waals surface area contributed by atoms with Gasteiger partial charge in [0.15, 0.2) is 11.5 Å². The fourth-order valence-corrected chi connectivity index (χ4v) is 2.38. The third-order valence-corrected chi connectivity index (χ3v) is 3.59. The zero-order valence-electron chi connectivity index (χ0n) is 11.8. The minimum Gasteiger partial charge on any atom is -0.493 e. The topological polar surface area (TPSA) is 41.9 Å². The number of benzene rings is 1. The number of hydrogen-bond donors (Lipinski definition) is 1. The Morgan fingerprint density at radius 2 is 2.00 bits per heavy atom. The van der Waals surface area contributed by atoms with Gasteiger partial charge in [-0.25, -0.2) is 0 Å². The third-order valence-electron chi connectivity index (χ3n) is 3.59. The lowest BCUT2D eigenvalue weighted by molar-refractivity contribution is 0.111. The van der Waals surface area contributed by atoms with Crippen LogP contribution in [0.2, 0.25) is 0 Å². The first-order valence-corrected chi connectivity index (χ1v) is 6.86. The summed E-state index contributed by atoms with van der Waals surface area (Å²) in [7, 11) is 3.79. The van der Waals surface area contributed by atoms with Gasteiger partial charge >= 0.3 is 0 Å². The second-order valence-corrected chi connectivity index (χ2v) is 5.08. The zero-order valence-corrected chi connectivity index (χ0v) is 11.8. The van der Waals surface area contributed by atoms with E-state index in [1.807, 2.05) is 18.2 Å². The fraction of sp³-hybridized carbons (Fsp3) is 0.600. The van der Waals surface area contributed by atoms with Crippen molar-refractivity contribution in [3.8, 4) is 11.5 Å². The number of piperidine rings is 1. The first kappa shape index (κ1) is 14.2. The Hall–Kier alpha value is -1.26. The van der Waals surface area contributed by atoms with Gasteiger partial charge in [0.1, 0.15) is 6.10 Å². The highest BCUT2D eigenvalue weighted by molar-refractivity contribution is 5.43. The number of likely N-dealkylation sites (tertiary alicyclic amines) is 1. The van der Waals surface area contributed by atoms with Crippen LogP contribution in [0.4, 0.5) is 0 Å². The molecule has 0 aromatic heterocycles. The van der Waals surface area contributed by atoms with E-state index in [2.05, 4.69) is 11.9 Å². The summed E-state index contributed by atoms with van der Waals surface area (Å²) >= 11 is 0. The van der Waals surface area contributed by atoms with Gasteiger partial charge < -0.3 is 19.5 Å². The Labute approximate surface area is 114 Å². The molecule has 1 aliphatic rings. The van der Waals surface area contributed by atoms with Crippen molar-refractivity contribution in [1.29, 1.82) is 0 Å². The largest absolute Gasteiger partial charge is 0.493 e. The summed E-state index contributed by atoms with van der Waals surface area (Å²) < 4.78 is 11.4. The van der Waals surface area contributed by atoms with Crippen molar-refractivity contribution in [3.05, 3.63) is 23.8 Å². The minimum atomic E-state index is 0.153. The summed E-state index contributed by atoms with van der Waals surface area (Å²) in [4.78, 5) is 2.32. The van der Waals surface area contributed by atoms with Crippen LogP contribution in [0.25, 0.3) is 0 Å².